The average Bonchev–Trinajstić information content (AvgIpc) is 3.37. The molecule has 196 valence electrons. The van der Waals surface area contributed by atoms with Crippen LogP contribution in [0.3, 0.4) is 0 Å². The molecule has 0 unspecified atom stereocenters. The molecule has 0 fully saturated rings. The molecular weight excluding hydrogens is 500 g/mol. The SMILES string of the molecule is CC(=O)OCCN1C(=O)C(C#N)=C(C)/C(=C\c2cn(-c3ccccc3)nc2-c2ccc3c(c2)OCCO3)C1=O. The normalized spacial score (nSPS) is 15.9. The van der Waals surface area contributed by atoms with E-state index in [1.165, 1.54) is 6.92 Å². The number of nitrogens with zero attached hydrogens (tertiary/aromatic N) is 4. The zero-order valence-electron chi connectivity index (χ0n) is 21.3. The van der Waals surface area contributed by atoms with Gasteiger partial charge in [-0.25, -0.2) is 4.68 Å². The van der Waals surface area contributed by atoms with Gasteiger partial charge in [0.05, 0.1) is 12.2 Å². The quantitative estimate of drug-likeness (QED) is 0.273. The number of benzene rings is 2. The van der Waals surface area contributed by atoms with Gasteiger partial charge in [-0.15, -0.1) is 0 Å². The van der Waals surface area contributed by atoms with E-state index in [4.69, 9.17) is 19.3 Å². The van der Waals surface area contributed by atoms with Crippen LogP contribution in [0, 0.1) is 11.3 Å². The van der Waals surface area contributed by atoms with Gasteiger partial charge < -0.3 is 14.2 Å². The van der Waals surface area contributed by atoms with Crippen molar-refractivity contribution in [3.63, 3.8) is 0 Å². The van der Waals surface area contributed by atoms with Crippen LogP contribution >= 0.6 is 0 Å². The monoisotopic (exact) mass is 524 g/mol. The highest BCUT2D eigenvalue weighted by atomic mass is 16.6. The van der Waals surface area contributed by atoms with Gasteiger partial charge in [0.2, 0.25) is 0 Å². The van der Waals surface area contributed by atoms with E-state index in [1.807, 2.05) is 54.6 Å². The minimum absolute atomic E-state index is 0.153. The highest BCUT2D eigenvalue weighted by Crippen LogP contribution is 2.37. The van der Waals surface area contributed by atoms with Crippen molar-refractivity contribution in [2.75, 3.05) is 26.4 Å². The van der Waals surface area contributed by atoms with Crippen molar-refractivity contribution in [2.45, 2.75) is 13.8 Å². The van der Waals surface area contributed by atoms with Gasteiger partial charge >= 0.3 is 5.97 Å². The zero-order valence-corrected chi connectivity index (χ0v) is 21.3. The van der Waals surface area contributed by atoms with Crippen molar-refractivity contribution in [1.82, 2.24) is 14.7 Å². The van der Waals surface area contributed by atoms with Gasteiger partial charge in [-0.2, -0.15) is 10.4 Å². The lowest BCUT2D eigenvalue weighted by molar-refractivity contribution is -0.147. The molecular formula is C29H24N4O6. The van der Waals surface area contributed by atoms with Gasteiger partial charge in [0.25, 0.3) is 11.8 Å². The summed E-state index contributed by atoms with van der Waals surface area (Å²) in [6, 6.07) is 16.9. The molecule has 2 amide bonds. The summed E-state index contributed by atoms with van der Waals surface area (Å²) in [5.74, 6) is -0.632. The Balaban J connectivity index is 1.63. The number of aromatic nitrogens is 2. The van der Waals surface area contributed by atoms with Crippen LogP contribution in [0.4, 0.5) is 0 Å². The van der Waals surface area contributed by atoms with E-state index in [2.05, 4.69) is 0 Å². The third kappa shape index (κ3) is 5.02. The number of nitriles is 1. The van der Waals surface area contributed by atoms with E-state index in [1.54, 1.807) is 23.9 Å². The molecule has 10 heteroatoms. The summed E-state index contributed by atoms with van der Waals surface area (Å²) in [4.78, 5) is 38.5. The fourth-order valence-corrected chi connectivity index (χ4v) is 4.39. The number of carbonyl (C=O) groups is 3. The molecule has 0 aliphatic carbocycles. The Morgan fingerprint density at radius 2 is 1.85 bits per heavy atom. The van der Waals surface area contributed by atoms with Crippen LogP contribution in [-0.2, 0) is 19.1 Å². The number of ether oxygens (including phenoxy) is 3. The second-order valence-electron chi connectivity index (χ2n) is 8.84. The summed E-state index contributed by atoms with van der Waals surface area (Å²) in [7, 11) is 0. The molecule has 39 heavy (non-hydrogen) atoms. The first kappa shape index (κ1) is 25.5. The van der Waals surface area contributed by atoms with Crippen LogP contribution in [0.25, 0.3) is 23.0 Å². The molecule has 0 saturated heterocycles. The molecule has 0 radical (unpaired) electrons. The van der Waals surface area contributed by atoms with Gasteiger partial charge in [-0.05, 0) is 48.9 Å². The van der Waals surface area contributed by atoms with Gasteiger partial charge in [0.1, 0.15) is 37.2 Å². The van der Waals surface area contributed by atoms with Crippen molar-refractivity contribution in [1.29, 1.82) is 5.26 Å². The first-order valence-corrected chi connectivity index (χ1v) is 12.2. The Morgan fingerprint density at radius 1 is 1.10 bits per heavy atom. The van der Waals surface area contributed by atoms with E-state index in [-0.39, 0.29) is 29.9 Å². The van der Waals surface area contributed by atoms with E-state index in [9.17, 15) is 19.6 Å². The first-order valence-electron chi connectivity index (χ1n) is 12.2. The Bertz CT molecular complexity index is 1580. The summed E-state index contributed by atoms with van der Waals surface area (Å²) in [5, 5.41) is 14.5. The molecule has 0 atom stereocenters. The molecule has 3 heterocycles. The van der Waals surface area contributed by atoms with Gasteiger partial charge in [-0.3, -0.25) is 19.3 Å². The van der Waals surface area contributed by atoms with E-state index >= 15 is 0 Å². The minimum atomic E-state index is -0.726. The van der Waals surface area contributed by atoms with Gasteiger partial charge in [-0.1, -0.05) is 18.2 Å². The summed E-state index contributed by atoms with van der Waals surface area (Å²) in [6.45, 7) is 3.35. The highest BCUT2D eigenvalue weighted by molar-refractivity contribution is 6.19. The number of para-hydroxylation sites is 1. The molecule has 0 N–H and O–H groups in total. The second-order valence-corrected chi connectivity index (χ2v) is 8.84. The lowest BCUT2D eigenvalue weighted by Gasteiger charge is -2.27. The Kier molecular flexibility index (Phi) is 6.97. The second kappa shape index (κ2) is 10.7. The maximum absolute atomic E-state index is 13.5. The van der Waals surface area contributed by atoms with Crippen molar-refractivity contribution in [3.8, 4) is 34.5 Å². The standard InChI is InChI=1S/C29H24N4O6/c1-18-23(28(35)32(10-11-37-19(2)34)29(36)24(18)16-30)14-21-17-33(22-6-4-3-5-7-22)31-27(21)20-8-9-25-26(15-20)39-13-12-38-25/h3-9,14-15,17H,10-13H2,1-2H3/b23-14+. The summed E-state index contributed by atoms with van der Waals surface area (Å²) in [5.41, 5.74) is 2.96. The van der Waals surface area contributed by atoms with Crippen molar-refractivity contribution in [2.24, 2.45) is 0 Å². The van der Waals surface area contributed by atoms with Crippen molar-refractivity contribution < 1.29 is 28.6 Å². The number of rotatable bonds is 6. The van der Waals surface area contributed by atoms with Crippen LogP contribution in [0.15, 0.2) is 71.4 Å². The molecule has 10 nitrogen and oxygen atoms in total. The maximum Gasteiger partial charge on any atom is 0.302 e. The molecule has 0 bridgehead atoms. The van der Waals surface area contributed by atoms with Gasteiger partial charge in [0, 0.05) is 29.8 Å². The third-order valence-electron chi connectivity index (χ3n) is 6.32. The number of carbonyl (C=O) groups excluding carboxylic acids is 3. The number of fused-ring (bicyclic) bond motifs is 1. The molecule has 2 aromatic carbocycles. The predicted octanol–water partition coefficient (Wildman–Crippen LogP) is 3.47. The van der Waals surface area contributed by atoms with E-state index < -0.39 is 17.8 Å². The topological polar surface area (TPSA) is 124 Å². The Labute approximate surface area is 224 Å². The summed E-state index contributed by atoms with van der Waals surface area (Å²) in [6.07, 6.45) is 3.40. The van der Waals surface area contributed by atoms with Crippen molar-refractivity contribution in [3.05, 3.63) is 77.0 Å². The summed E-state index contributed by atoms with van der Waals surface area (Å²) >= 11 is 0. The highest BCUT2D eigenvalue weighted by Gasteiger charge is 2.35. The van der Waals surface area contributed by atoms with Crippen LogP contribution in [0.1, 0.15) is 19.4 Å². The maximum atomic E-state index is 13.5. The van der Waals surface area contributed by atoms with Crippen LogP contribution in [-0.4, -0.2) is 58.8 Å². The molecule has 1 aromatic heterocycles. The lowest BCUT2D eigenvalue weighted by Crippen LogP contribution is -2.44. The molecule has 2 aliphatic heterocycles. The van der Waals surface area contributed by atoms with E-state index in [0.717, 1.165) is 16.2 Å². The average molecular weight is 525 g/mol. The zero-order chi connectivity index (χ0) is 27.5. The molecule has 3 aromatic rings. The molecule has 5 rings (SSSR count). The third-order valence-corrected chi connectivity index (χ3v) is 6.32. The predicted molar refractivity (Wildman–Crippen MR) is 140 cm³/mol. The van der Waals surface area contributed by atoms with Gasteiger partial charge in [0.15, 0.2) is 11.5 Å². The van der Waals surface area contributed by atoms with Crippen LogP contribution in [0.2, 0.25) is 0 Å². The Morgan fingerprint density at radius 3 is 2.56 bits per heavy atom. The van der Waals surface area contributed by atoms with E-state index in [0.29, 0.717) is 36.0 Å². The fraction of sp³-hybridized carbons (Fsp3) is 0.207. The molecule has 0 spiro atoms. The van der Waals surface area contributed by atoms with Crippen LogP contribution < -0.4 is 9.47 Å². The number of hydrogen-bond donors (Lipinski definition) is 0. The number of imide groups is 1. The number of amides is 2. The largest absolute Gasteiger partial charge is 0.486 e. The smallest absolute Gasteiger partial charge is 0.302 e. The molecule has 2 aliphatic rings. The number of esters is 1. The Hall–Kier alpha value is -5.17. The fourth-order valence-electron chi connectivity index (χ4n) is 4.39. The molecule has 0 saturated carbocycles. The first-order chi connectivity index (χ1) is 18.9. The van der Waals surface area contributed by atoms with Crippen molar-refractivity contribution >= 4 is 23.9 Å². The summed E-state index contributed by atoms with van der Waals surface area (Å²) < 4.78 is 18.0. The number of hydrogen-bond acceptors (Lipinski definition) is 8. The minimum Gasteiger partial charge on any atom is -0.486 e. The lowest BCUT2D eigenvalue weighted by atomic mass is 9.93. The van der Waals surface area contributed by atoms with Crippen LogP contribution in [0.5, 0.6) is 11.5 Å².